The molecular formula is C18H18Cl2N2O3. The Bertz CT molecular complexity index is 807. The van der Waals surface area contributed by atoms with Crippen molar-refractivity contribution in [2.75, 3.05) is 19.5 Å². The maximum atomic E-state index is 12.4. The topological polar surface area (TPSA) is 59.6 Å². The molecular weight excluding hydrogens is 363 g/mol. The summed E-state index contributed by atoms with van der Waals surface area (Å²) in [6, 6.07) is 10.3. The van der Waals surface area contributed by atoms with Gasteiger partial charge < -0.3 is 20.1 Å². The van der Waals surface area contributed by atoms with Crippen LogP contribution in [0.2, 0.25) is 10.0 Å². The number of urea groups is 1. The summed E-state index contributed by atoms with van der Waals surface area (Å²) < 4.78 is 10.6. The number of rotatable bonds is 5. The highest BCUT2D eigenvalue weighted by atomic mass is 35.5. The van der Waals surface area contributed by atoms with Crippen LogP contribution in [0.25, 0.3) is 0 Å². The summed E-state index contributed by atoms with van der Waals surface area (Å²) in [4.78, 5) is 12.4. The molecule has 5 nitrogen and oxygen atoms in total. The lowest BCUT2D eigenvalue weighted by atomic mass is 10.0. The number of methoxy groups -OCH3 is 2. The third kappa shape index (κ3) is 3.78. The summed E-state index contributed by atoms with van der Waals surface area (Å²) in [5.74, 6) is 1.29. The van der Waals surface area contributed by atoms with Crippen LogP contribution in [0.4, 0.5) is 10.5 Å². The van der Waals surface area contributed by atoms with E-state index in [0.29, 0.717) is 27.2 Å². The Morgan fingerprint density at radius 1 is 1.04 bits per heavy atom. The largest absolute Gasteiger partial charge is 0.493 e. The quantitative estimate of drug-likeness (QED) is 0.781. The van der Waals surface area contributed by atoms with Gasteiger partial charge in [-0.1, -0.05) is 29.3 Å². The summed E-state index contributed by atoms with van der Waals surface area (Å²) in [6.07, 6.45) is 1.70. The average Bonchev–Trinajstić information content (AvgIpc) is 3.37. The van der Waals surface area contributed by atoms with Crippen molar-refractivity contribution in [3.8, 4) is 11.5 Å². The molecule has 132 valence electrons. The molecule has 0 aromatic heterocycles. The van der Waals surface area contributed by atoms with E-state index >= 15 is 0 Å². The number of benzene rings is 2. The second kappa shape index (κ2) is 7.02. The number of ether oxygens (including phenoxy) is 2. The van der Waals surface area contributed by atoms with Gasteiger partial charge in [-0.25, -0.2) is 4.79 Å². The van der Waals surface area contributed by atoms with E-state index in [-0.39, 0.29) is 6.03 Å². The first-order chi connectivity index (χ1) is 12.0. The van der Waals surface area contributed by atoms with E-state index in [9.17, 15) is 4.79 Å². The van der Waals surface area contributed by atoms with Crippen LogP contribution < -0.4 is 20.1 Å². The van der Waals surface area contributed by atoms with E-state index in [2.05, 4.69) is 10.6 Å². The summed E-state index contributed by atoms with van der Waals surface area (Å²) >= 11 is 12.0. The van der Waals surface area contributed by atoms with Gasteiger partial charge in [-0.05, 0) is 48.7 Å². The molecule has 0 atom stereocenters. The van der Waals surface area contributed by atoms with Crippen LogP contribution >= 0.6 is 23.2 Å². The zero-order valence-corrected chi connectivity index (χ0v) is 15.4. The van der Waals surface area contributed by atoms with Crippen LogP contribution in [0, 0.1) is 0 Å². The highest BCUT2D eigenvalue weighted by Crippen LogP contribution is 2.47. The molecule has 1 fully saturated rings. The molecule has 1 aliphatic carbocycles. The third-order valence-electron chi connectivity index (χ3n) is 4.22. The van der Waals surface area contributed by atoms with Crippen molar-refractivity contribution in [2.24, 2.45) is 0 Å². The SMILES string of the molecule is COc1ccc(C2(NC(=O)Nc3ccc(Cl)cc3Cl)CC2)cc1OC. The summed E-state index contributed by atoms with van der Waals surface area (Å²) in [7, 11) is 3.18. The maximum Gasteiger partial charge on any atom is 0.319 e. The van der Waals surface area contributed by atoms with Gasteiger partial charge in [-0.3, -0.25) is 0 Å². The first kappa shape index (κ1) is 17.7. The van der Waals surface area contributed by atoms with Crippen LogP contribution in [-0.2, 0) is 5.54 Å². The molecule has 25 heavy (non-hydrogen) atoms. The van der Waals surface area contributed by atoms with Crippen molar-refractivity contribution in [1.82, 2.24) is 5.32 Å². The second-order valence-electron chi connectivity index (χ2n) is 5.86. The van der Waals surface area contributed by atoms with Gasteiger partial charge in [0.1, 0.15) is 0 Å². The number of nitrogens with one attached hydrogen (secondary N) is 2. The molecule has 0 unspecified atom stereocenters. The first-order valence-corrected chi connectivity index (χ1v) is 8.50. The highest BCUT2D eigenvalue weighted by molar-refractivity contribution is 6.36. The number of anilines is 1. The fourth-order valence-corrected chi connectivity index (χ4v) is 3.16. The summed E-state index contributed by atoms with van der Waals surface area (Å²) in [6.45, 7) is 0. The molecule has 2 amide bonds. The van der Waals surface area contributed by atoms with Crippen molar-refractivity contribution in [3.05, 3.63) is 52.0 Å². The number of carbonyl (C=O) groups excluding carboxylic acids is 1. The lowest BCUT2D eigenvalue weighted by molar-refractivity contribution is 0.247. The Labute approximate surface area is 156 Å². The van der Waals surface area contributed by atoms with E-state index in [4.69, 9.17) is 32.7 Å². The van der Waals surface area contributed by atoms with Gasteiger partial charge in [0.25, 0.3) is 0 Å². The Balaban J connectivity index is 1.74. The number of halogens is 2. The Morgan fingerprint density at radius 2 is 1.76 bits per heavy atom. The zero-order valence-electron chi connectivity index (χ0n) is 13.9. The molecule has 0 aliphatic heterocycles. The maximum absolute atomic E-state index is 12.4. The number of hydrogen-bond acceptors (Lipinski definition) is 3. The van der Waals surface area contributed by atoms with Gasteiger partial charge in [-0.15, -0.1) is 0 Å². The molecule has 0 radical (unpaired) electrons. The van der Waals surface area contributed by atoms with Crippen molar-refractivity contribution in [1.29, 1.82) is 0 Å². The van der Waals surface area contributed by atoms with Crippen LogP contribution in [-0.4, -0.2) is 20.3 Å². The average molecular weight is 381 g/mol. The Hall–Kier alpha value is -2.11. The third-order valence-corrected chi connectivity index (χ3v) is 4.77. The van der Waals surface area contributed by atoms with E-state index in [0.717, 1.165) is 18.4 Å². The predicted molar refractivity (Wildman–Crippen MR) is 99.1 cm³/mol. The second-order valence-corrected chi connectivity index (χ2v) is 6.70. The number of hydrogen-bond donors (Lipinski definition) is 2. The first-order valence-electron chi connectivity index (χ1n) is 7.74. The van der Waals surface area contributed by atoms with Gasteiger partial charge in [0.2, 0.25) is 0 Å². The minimum absolute atomic E-state index is 0.323. The molecule has 1 saturated carbocycles. The molecule has 7 heteroatoms. The van der Waals surface area contributed by atoms with Crippen LogP contribution in [0.3, 0.4) is 0 Å². The van der Waals surface area contributed by atoms with E-state index < -0.39 is 5.54 Å². The van der Waals surface area contributed by atoms with Crippen molar-refractivity contribution in [2.45, 2.75) is 18.4 Å². The molecule has 0 saturated heterocycles. The van der Waals surface area contributed by atoms with Gasteiger partial charge in [-0.2, -0.15) is 0 Å². The summed E-state index contributed by atoms with van der Waals surface area (Å²) in [5.41, 5.74) is 1.08. The predicted octanol–water partition coefficient (Wildman–Crippen LogP) is 4.82. The minimum Gasteiger partial charge on any atom is -0.493 e. The Kier molecular flexibility index (Phi) is 4.97. The van der Waals surface area contributed by atoms with Crippen LogP contribution in [0.15, 0.2) is 36.4 Å². The number of amides is 2. The monoisotopic (exact) mass is 380 g/mol. The van der Waals surface area contributed by atoms with Gasteiger partial charge in [0, 0.05) is 5.02 Å². The zero-order chi connectivity index (χ0) is 18.0. The van der Waals surface area contributed by atoms with Crippen molar-refractivity contribution < 1.29 is 14.3 Å². The summed E-state index contributed by atoms with van der Waals surface area (Å²) in [5, 5.41) is 6.68. The molecule has 2 aromatic carbocycles. The molecule has 0 heterocycles. The van der Waals surface area contributed by atoms with Crippen LogP contribution in [0.5, 0.6) is 11.5 Å². The number of carbonyl (C=O) groups is 1. The lowest BCUT2D eigenvalue weighted by Crippen LogP contribution is -2.38. The standard InChI is InChI=1S/C18H18Cl2N2O3/c1-24-15-6-3-11(9-16(15)25-2)18(7-8-18)22-17(23)21-14-5-4-12(19)10-13(14)20/h3-6,9-10H,7-8H2,1-2H3,(H2,21,22,23). The van der Waals surface area contributed by atoms with Gasteiger partial charge in [0.05, 0.1) is 30.5 Å². The molecule has 2 aromatic rings. The molecule has 3 rings (SSSR count). The smallest absolute Gasteiger partial charge is 0.319 e. The minimum atomic E-state index is -0.400. The molecule has 1 aliphatic rings. The molecule has 2 N–H and O–H groups in total. The normalized spacial score (nSPS) is 14.6. The van der Waals surface area contributed by atoms with Gasteiger partial charge >= 0.3 is 6.03 Å². The lowest BCUT2D eigenvalue weighted by Gasteiger charge is -2.20. The van der Waals surface area contributed by atoms with Crippen molar-refractivity contribution >= 4 is 34.9 Å². The van der Waals surface area contributed by atoms with Crippen molar-refractivity contribution in [3.63, 3.8) is 0 Å². The molecule has 0 bridgehead atoms. The van der Waals surface area contributed by atoms with Crippen LogP contribution in [0.1, 0.15) is 18.4 Å². The van der Waals surface area contributed by atoms with E-state index in [1.807, 2.05) is 18.2 Å². The Morgan fingerprint density at radius 3 is 2.36 bits per heavy atom. The van der Waals surface area contributed by atoms with E-state index in [1.165, 1.54) is 0 Å². The fraction of sp³-hybridized carbons (Fsp3) is 0.278. The highest BCUT2D eigenvalue weighted by Gasteiger charge is 2.46. The fourth-order valence-electron chi connectivity index (χ4n) is 2.71. The molecule has 0 spiro atoms. The van der Waals surface area contributed by atoms with Gasteiger partial charge in [0.15, 0.2) is 11.5 Å². The van der Waals surface area contributed by atoms with E-state index in [1.54, 1.807) is 32.4 Å².